The lowest BCUT2D eigenvalue weighted by molar-refractivity contribution is -0.134. The highest BCUT2D eigenvalue weighted by molar-refractivity contribution is 5.81. The maximum Gasteiger partial charge on any atom is 0.239 e. The molecular weight excluding hydrogens is 336 g/mol. The van der Waals surface area contributed by atoms with Gasteiger partial charge in [-0.05, 0) is 48.9 Å². The molecule has 0 radical (unpaired) electrons. The van der Waals surface area contributed by atoms with Crippen LogP contribution in [0.25, 0.3) is 0 Å². The molecule has 0 aromatic heterocycles. The summed E-state index contributed by atoms with van der Waals surface area (Å²) in [6.07, 6.45) is 2.19. The monoisotopic (exact) mass is 366 g/mol. The van der Waals surface area contributed by atoms with Crippen molar-refractivity contribution in [2.75, 3.05) is 20.2 Å². The number of likely N-dealkylation sites (tertiary alicyclic amines) is 1. The number of rotatable bonds is 6. The largest absolute Gasteiger partial charge is 0.497 e. The van der Waals surface area contributed by atoms with E-state index in [4.69, 9.17) is 4.74 Å². The van der Waals surface area contributed by atoms with Crippen LogP contribution in [0.5, 0.6) is 5.75 Å². The number of piperidine rings is 1. The molecule has 1 amide bonds. The topological polar surface area (TPSA) is 41.6 Å². The molecule has 1 aliphatic heterocycles. The highest BCUT2D eigenvalue weighted by Crippen LogP contribution is 2.25. The van der Waals surface area contributed by atoms with Crippen LogP contribution < -0.4 is 10.1 Å². The van der Waals surface area contributed by atoms with E-state index < -0.39 is 0 Å². The number of nitrogens with one attached hydrogen (secondary N) is 1. The molecule has 144 valence electrons. The van der Waals surface area contributed by atoms with Crippen LogP contribution in [0.15, 0.2) is 54.6 Å². The molecule has 4 heteroatoms. The molecule has 1 saturated heterocycles. The standard InChI is InChI=1S/C23H30N2O2/c1-17-13-15-25(16-14-17)23(26)18(2)24-22(19-7-5-4-6-8-19)20-9-11-21(27-3)12-10-20/h4-12,17-18,22,24H,13-16H2,1-3H3. The third-order valence-electron chi connectivity index (χ3n) is 5.46. The molecule has 0 spiro atoms. The lowest BCUT2D eigenvalue weighted by Crippen LogP contribution is -2.48. The number of benzene rings is 2. The smallest absolute Gasteiger partial charge is 0.239 e. The number of methoxy groups -OCH3 is 1. The number of hydrogen-bond acceptors (Lipinski definition) is 3. The Kier molecular flexibility index (Phi) is 6.51. The molecule has 1 fully saturated rings. The van der Waals surface area contributed by atoms with Gasteiger partial charge in [-0.2, -0.15) is 0 Å². The summed E-state index contributed by atoms with van der Waals surface area (Å²) in [6, 6.07) is 18.0. The van der Waals surface area contributed by atoms with Gasteiger partial charge in [-0.3, -0.25) is 10.1 Å². The maximum absolute atomic E-state index is 12.9. The van der Waals surface area contributed by atoms with Crippen molar-refractivity contribution in [3.05, 3.63) is 65.7 Å². The van der Waals surface area contributed by atoms with Crippen LogP contribution in [0.4, 0.5) is 0 Å². The zero-order valence-corrected chi connectivity index (χ0v) is 16.5. The van der Waals surface area contributed by atoms with Crippen molar-refractivity contribution >= 4 is 5.91 Å². The van der Waals surface area contributed by atoms with Gasteiger partial charge in [0.15, 0.2) is 0 Å². The van der Waals surface area contributed by atoms with Gasteiger partial charge in [-0.1, -0.05) is 49.4 Å². The van der Waals surface area contributed by atoms with Crippen molar-refractivity contribution in [1.82, 2.24) is 10.2 Å². The molecule has 27 heavy (non-hydrogen) atoms. The molecule has 2 atom stereocenters. The van der Waals surface area contributed by atoms with Crippen molar-refractivity contribution in [2.45, 2.75) is 38.8 Å². The second kappa shape index (κ2) is 9.05. The zero-order chi connectivity index (χ0) is 19.2. The third-order valence-corrected chi connectivity index (χ3v) is 5.46. The molecule has 1 heterocycles. The molecule has 2 aromatic rings. The Labute approximate surface area is 162 Å². The van der Waals surface area contributed by atoms with E-state index in [-0.39, 0.29) is 18.0 Å². The van der Waals surface area contributed by atoms with Crippen LogP contribution in [-0.2, 0) is 4.79 Å². The third kappa shape index (κ3) is 4.89. The Morgan fingerprint density at radius 1 is 1.04 bits per heavy atom. The fourth-order valence-corrected chi connectivity index (χ4v) is 3.65. The molecule has 3 rings (SSSR count). The van der Waals surface area contributed by atoms with Crippen molar-refractivity contribution in [3.63, 3.8) is 0 Å². The highest BCUT2D eigenvalue weighted by Gasteiger charge is 2.27. The zero-order valence-electron chi connectivity index (χ0n) is 16.5. The average molecular weight is 367 g/mol. The Morgan fingerprint density at radius 2 is 1.63 bits per heavy atom. The quantitative estimate of drug-likeness (QED) is 0.839. The Bertz CT molecular complexity index is 722. The fourth-order valence-electron chi connectivity index (χ4n) is 3.65. The van der Waals surface area contributed by atoms with Crippen molar-refractivity contribution in [1.29, 1.82) is 0 Å². The van der Waals surface area contributed by atoms with Gasteiger partial charge >= 0.3 is 0 Å². The number of nitrogens with zero attached hydrogens (tertiary/aromatic N) is 1. The second-order valence-corrected chi connectivity index (χ2v) is 7.51. The van der Waals surface area contributed by atoms with Gasteiger partial charge in [0.2, 0.25) is 5.91 Å². The van der Waals surface area contributed by atoms with Crippen LogP contribution >= 0.6 is 0 Å². The molecule has 0 saturated carbocycles. The summed E-state index contributed by atoms with van der Waals surface area (Å²) in [7, 11) is 1.67. The van der Waals surface area contributed by atoms with Crippen molar-refractivity contribution in [2.24, 2.45) is 5.92 Å². The lowest BCUT2D eigenvalue weighted by atomic mass is 9.96. The van der Waals surface area contributed by atoms with E-state index in [1.54, 1.807) is 7.11 Å². The maximum atomic E-state index is 12.9. The van der Waals surface area contributed by atoms with Gasteiger partial charge in [-0.25, -0.2) is 0 Å². The SMILES string of the molecule is COc1ccc(C(NC(C)C(=O)N2CCC(C)CC2)c2ccccc2)cc1. The van der Waals surface area contributed by atoms with Gasteiger partial charge in [0, 0.05) is 13.1 Å². The van der Waals surface area contributed by atoms with Crippen LogP contribution in [0.3, 0.4) is 0 Å². The summed E-state index contributed by atoms with van der Waals surface area (Å²) in [4.78, 5) is 15.0. The normalized spacial score (nSPS) is 17.4. The van der Waals surface area contributed by atoms with E-state index in [1.165, 1.54) is 0 Å². The van der Waals surface area contributed by atoms with Crippen LogP contribution in [0.1, 0.15) is 43.9 Å². The van der Waals surface area contributed by atoms with E-state index >= 15 is 0 Å². The second-order valence-electron chi connectivity index (χ2n) is 7.51. The number of hydrogen-bond donors (Lipinski definition) is 1. The number of carbonyl (C=O) groups is 1. The summed E-state index contributed by atoms with van der Waals surface area (Å²) in [5.41, 5.74) is 2.27. The number of ether oxygens (including phenoxy) is 1. The lowest BCUT2D eigenvalue weighted by Gasteiger charge is -2.33. The van der Waals surface area contributed by atoms with Gasteiger partial charge in [0.1, 0.15) is 5.75 Å². The first-order valence-corrected chi connectivity index (χ1v) is 9.82. The first-order valence-electron chi connectivity index (χ1n) is 9.82. The molecule has 2 unspecified atom stereocenters. The van der Waals surface area contributed by atoms with Gasteiger partial charge < -0.3 is 9.64 Å². The molecule has 0 aliphatic carbocycles. The number of carbonyl (C=O) groups excluding carboxylic acids is 1. The van der Waals surface area contributed by atoms with E-state index in [1.807, 2.05) is 42.2 Å². The van der Waals surface area contributed by atoms with Crippen LogP contribution in [-0.4, -0.2) is 37.0 Å². The predicted octanol–water partition coefficient (Wildman–Crippen LogP) is 4.02. The summed E-state index contributed by atoms with van der Waals surface area (Å²) in [5, 5.41) is 3.56. The number of amides is 1. The van der Waals surface area contributed by atoms with E-state index in [0.717, 1.165) is 42.8 Å². The average Bonchev–Trinajstić information content (AvgIpc) is 2.72. The highest BCUT2D eigenvalue weighted by atomic mass is 16.5. The molecule has 1 aliphatic rings. The molecule has 0 bridgehead atoms. The first kappa shape index (κ1) is 19.4. The molecule has 1 N–H and O–H groups in total. The minimum Gasteiger partial charge on any atom is -0.497 e. The van der Waals surface area contributed by atoms with Gasteiger partial charge in [0.05, 0.1) is 19.2 Å². The molecule has 2 aromatic carbocycles. The summed E-state index contributed by atoms with van der Waals surface area (Å²) >= 11 is 0. The fraction of sp³-hybridized carbons (Fsp3) is 0.435. The van der Waals surface area contributed by atoms with Gasteiger partial charge in [-0.15, -0.1) is 0 Å². The summed E-state index contributed by atoms with van der Waals surface area (Å²) in [5.74, 6) is 1.74. The first-order chi connectivity index (χ1) is 13.1. The molecule has 4 nitrogen and oxygen atoms in total. The van der Waals surface area contributed by atoms with E-state index in [9.17, 15) is 4.79 Å². The van der Waals surface area contributed by atoms with E-state index in [2.05, 4.69) is 36.5 Å². The van der Waals surface area contributed by atoms with Gasteiger partial charge in [0.25, 0.3) is 0 Å². The Balaban J connectivity index is 1.77. The predicted molar refractivity (Wildman–Crippen MR) is 109 cm³/mol. The summed E-state index contributed by atoms with van der Waals surface area (Å²) < 4.78 is 5.28. The van der Waals surface area contributed by atoms with Crippen LogP contribution in [0.2, 0.25) is 0 Å². The van der Waals surface area contributed by atoms with Crippen LogP contribution in [0, 0.1) is 5.92 Å². The van der Waals surface area contributed by atoms with E-state index in [0.29, 0.717) is 5.92 Å². The van der Waals surface area contributed by atoms with Crippen molar-refractivity contribution < 1.29 is 9.53 Å². The molecular formula is C23H30N2O2. The summed E-state index contributed by atoms with van der Waals surface area (Å²) in [6.45, 7) is 5.97. The van der Waals surface area contributed by atoms with Crippen molar-refractivity contribution in [3.8, 4) is 5.75 Å². The minimum atomic E-state index is -0.245. The minimum absolute atomic E-state index is 0.0419. The Morgan fingerprint density at radius 3 is 2.22 bits per heavy atom. The Hall–Kier alpha value is -2.33.